The van der Waals surface area contributed by atoms with Crippen molar-refractivity contribution < 1.29 is 14.4 Å². The molecule has 0 radical (unpaired) electrons. The number of carbonyl (C=O) groups is 3. The van der Waals surface area contributed by atoms with Gasteiger partial charge in [0.15, 0.2) is 0 Å². The van der Waals surface area contributed by atoms with Gasteiger partial charge >= 0.3 is 0 Å². The van der Waals surface area contributed by atoms with Crippen molar-refractivity contribution in [2.75, 3.05) is 25.0 Å². The van der Waals surface area contributed by atoms with Crippen LogP contribution in [0.3, 0.4) is 0 Å². The standard InChI is InChI=1S/C24H35N3O3/c28-22(9-5-2-1-3-6-16-27-17-7-4-8-18-27)25-20-12-10-19(11-13-20)21-14-15-23(29)26-24(21)30/h10-13,21H,1-9,14-18H2,(H,25,28)(H,26,29,30). The molecule has 3 rings (SSSR count). The number of unbranched alkanes of at least 4 members (excludes halogenated alkanes) is 4. The molecule has 6 nitrogen and oxygen atoms in total. The highest BCUT2D eigenvalue weighted by Crippen LogP contribution is 2.26. The lowest BCUT2D eigenvalue weighted by Gasteiger charge is -2.26. The number of hydrogen-bond donors (Lipinski definition) is 2. The molecule has 164 valence electrons. The Morgan fingerprint density at radius 3 is 2.40 bits per heavy atom. The third-order valence-corrected chi connectivity index (χ3v) is 6.16. The minimum absolute atomic E-state index is 0.0390. The van der Waals surface area contributed by atoms with Crippen LogP contribution in [0.25, 0.3) is 0 Å². The summed E-state index contributed by atoms with van der Waals surface area (Å²) in [6, 6.07) is 7.38. The number of amides is 3. The van der Waals surface area contributed by atoms with Crippen LogP contribution < -0.4 is 10.6 Å². The average molecular weight is 414 g/mol. The molecule has 2 heterocycles. The van der Waals surface area contributed by atoms with E-state index in [1.165, 1.54) is 58.2 Å². The first-order valence-electron chi connectivity index (χ1n) is 11.6. The Bertz CT molecular complexity index is 711. The summed E-state index contributed by atoms with van der Waals surface area (Å²) in [5.74, 6) is -0.694. The molecule has 6 heteroatoms. The highest BCUT2D eigenvalue weighted by molar-refractivity contribution is 6.01. The Labute approximate surface area is 179 Å². The van der Waals surface area contributed by atoms with Crippen molar-refractivity contribution in [1.82, 2.24) is 10.2 Å². The first kappa shape index (κ1) is 22.5. The molecule has 1 atom stereocenters. The lowest BCUT2D eigenvalue weighted by Crippen LogP contribution is -2.39. The Hall–Kier alpha value is -2.21. The molecule has 2 aliphatic rings. The van der Waals surface area contributed by atoms with Crippen LogP contribution in [0, 0.1) is 0 Å². The zero-order valence-corrected chi connectivity index (χ0v) is 18.0. The van der Waals surface area contributed by atoms with Gasteiger partial charge < -0.3 is 10.2 Å². The quantitative estimate of drug-likeness (QED) is 0.449. The minimum Gasteiger partial charge on any atom is -0.326 e. The number of hydrogen-bond acceptors (Lipinski definition) is 4. The van der Waals surface area contributed by atoms with Gasteiger partial charge in [0.25, 0.3) is 0 Å². The van der Waals surface area contributed by atoms with Gasteiger partial charge in [-0.2, -0.15) is 0 Å². The summed E-state index contributed by atoms with van der Waals surface area (Å²) in [5, 5.41) is 5.32. The van der Waals surface area contributed by atoms with Crippen LogP contribution in [0.15, 0.2) is 24.3 Å². The van der Waals surface area contributed by atoms with Gasteiger partial charge in [0.05, 0.1) is 5.92 Å². The van der Waals surface area contributed by atoms with Crippen LogP contribution in [0.2, 0.25) is 0 Å². The smallest absolute Gasteiger partial charge is 0.234 e. The predicted molar refractivity (Wildman–Crippen MR) is 118 cm³/mol. The Morgan fingerprint density at radius 2 is 1.67 bits per heavy atom. The maximum absolute atomic E-state index is 12.2. The van der Waals surface area contributed by atoms with E-state index in [-0.39, 0.29) is 23.6 Å². The van der Waals surface area contributed by atoms with E-state index in [0.29, 0.717) is 19.3 Å². The highest BCUT2D eigenvalue weighted by Gasteiger charge is 2.27. The van der Waals surface area contributed by atoms with Crippen molar-refractivity contribution in [3.05, 3.63) is 29.8 Å². The number of nitrogens with zero attached hydrogens (tertiary/aromatic N) is 1. The van der Waals surface area contributed by atoms with Gasteiger partial charge in [-0.05, 0) is 69.4 Å². The van der Waals surface area contributed by atoms with E-state index in [1.807, 2.05) is 24.3 Å². The fourth-order valence-electron chi connectivity index (χ4n) is 4.37. The second-order valence-corrected chi connectivity index (χ2v) is 8.59. The zero-order chi connectivity index (χ0) is 21.2. The summed E-state index contributed by atoms with van der Waals surface area (Å²) in [7, 11) is 0. The van der Waals surface area contributed by atoms with Crippen molar-refractivity contribution >= 4 is 23.4 Å². The summed E-state index contributed by atoms with van der Waals surface area (Å²) in [6.45, 7) is 3.78. The molecular weight excluding hydrogens is 378 g/mol. The van der Waals surface area contributed by atoms with E-state index in [4.69, 9.17) is 0 Å². The Balaban J connectivity index is 1.27. The molecule has 2 N–H and O–H groups in total. The monoisotopic (exact) mass is 413 g/mol. The number of likely N-dealkylation sites (tertiary alicyclic amines) is 1. The SMILES string of the molecule is O=C1CCC(c2ccc(NC(=O)CCCCCCCN3CCCCC3)cc2)C(=O)N1. The predicted octanol–water partition coefficient (Wildman–Crippen LogP) is 3.97. The van der Waals surface area contributed by atoms with E-state index >= 15 is 0 Å². The first-order chi connectivity index (χ1) is 14.6. The zero-order valence-electron chi connectivity index (χ0n) is 18.0. The molecular formula is C24H35N3O3. The van der Waals surface area contributed by atoms with Crippen LogP contribution in [0.4, 0.5) is 5.69 Å². The molecule has 0 aliphatic carbocycles. The van der Waals surface area contributed by atoms with Crippen LogP contribution in [-0.4, -0.2) is 42.3 Å². The molecule has 2 fully saturated rings. The number of rotatable bonds is 10. The molecule has 0 aromatic heterocycles. The third-order valence-electron chi connectivity index (χ3n) is 6.16. The Morgan fingerprint density at radius 1 is 0.967 bits per heavy atom. The van der Waals surface area contributed by atoms with Gasteiger partial charge in [0.2, 0.25) is 17.7 Å². The molecule has 2 aliphatic heterocycles. The third kappa shape index (κ3) is 7.24. The molecule has 0 spiro atoms. The number of imide groups is 1. The second kappa shape index (κ2) is 11.8. The van der Waals surface area contributed by atoms with Crippen molar-refractivity contribution in [1.29, 1.82) is 0 Å². The van der Waals surface area contributed by atoms with Crippen LogP contribution >= 0.6 is 0 Å². The van der Waals surface area contributed by atoms with Crippen molar-refractivity contribution in [3.63, 3.8) is 0 Å². The van der Waals surface area contributed by atoms with E-state index in [0.717, 1.165) is 24.1 Å². The van der Waals surface area contributed by atoms with E-state index < -0.39 is 0 Å². The number of piperidine rings is 2. The first-order valence-corrected chi connectivity index (χ1v) is 11.6. The number of anilines is 1. The maximum Gasteiger partial charge on any atom is 0.234 e. The summed E-state index contributed by atoms with van der Waals surface area (Å²) < 4.78 is 0. The molecule has 1 unspecified atom stereocenters. The van der Waals surface area contributed by atoms with Gasteiger partial charge in [-0.3, -0.25) is 19.7 Å². The van der Waals surface area contributed by atoms with Gasteiger partial charge in [-0.15, -0.1) is 0 Å². The molecule has 1 aromatic carbocycles. The van der Waals surface area contributed by atoms with E-state index in [2.05, 4.69) is 15.5 Å². The van der Waals surface area contributed by atoms with Gasteiger partial charge in [0.1, 0.15) is 0 Å². The average Bonchev–Trinajstić information content (AvgIpc) is 2.74. The van der Waals surface area contributed by atoms with Gasteiger partial charge in [-0.25, -0.2) is 0 Å². The van der Waals surface area contributed by atoms with Crippen molar-refractivity contribution in [2.45, 2.75) is 76.5 Å². The summed E-state index contributed by atoms with van der Waals surface area (Å²) in [4.78, 5) is 38.0. The summed E-state index contributed by atoms with van der Waals surface area (Å²) in [6.07, 6.45) is 11.3. The number of carbonyl (C=O) groups excluding carboxylic acids is 3. The fourth-order valence-corrected chi connectivity index (χ4v) is 4.37. The maximum atomic E-state index is 12.2. The van der Waals surface area contributed by atoms with E-state index in [1.54, 1.807) is 0 Å². The fraction of sp³-hybridized carbons (Fsp3) is 0.625. The summed E-state index contributed by atoms with van der Waals surface area (Å²) >= 11 is 0. The molecule has 1 aromatic rings. The molecule has 30 heavy (non-hydrogen) atoms. The molecule has 2 saturated heterocycles. The minimum atomic E-state index is -0.289. The molecule has 0 saturated carbocycles. The lowest BCUT2D eigenvalue weighted by molar-refractivity contribution is -0.134. The van der Waals surface area contributed by atoms with E-state index in [9.17, 15) is 14.4 Å². The number of benzene rings is 1. The van der Waals surface area contributed by atoms with Gasteiger partial charge in [-0.1, -0.05) is 37.8 Å². The van der Waals surface area contributed by atoms with Gasteiger partial charge in [0, 0.05) is 18.5 Å². The van der Waals surface area contributed by atoms with Crippen LogP contribution in [0.5, 0.6) is 0 Å². The highest BCUT2D eigenvalue weighted by atomic mass is 16.2. The van der Waals surface area contributed by atoms with Crippen LogP contribution in [-0.2, 0) is 14.4 Å². The van der Waals surface area contributed by atoms with Crippen molar-refractivity contribution in [2.24, 2.45) is 0 Å². The molecule has 3 amide bonds. The van der Waals surface area contributed by atoms with Crippen LogP contribution in [0.1, 0.15) is 82.1 Å². The summed E-state index contributed by atoms with van der Waals surface area (Å²) in [5.41, 5.74) is 1.63. The largest absolute Gasteiger partial charge is 0.326 e. The second-order valence-electron chi connectivity index (χ2n) is 8.59. The molecule has 0 bridgehead atoms. The lowest BCUT2D eigenvalue weighted by atomic mass is 9.90. The van der Waals surface area contributed by atoms with Crippen molar-refractivity contribution in [3.8, 4) is 0 Å². The normalized spacial score (nSPS) is 20.1. The number of nitrogens with one attached hydrogen (secondary N) is 2. The topological polar surface area (TPSA) is 78.5 Å². The Kier molecular flexibility index (Phi) is 8.87.